The van der Waals surface area contributed by atoms with Crippen molar-refractivity contribution in [2.24, 2.45) is 4.99 Å². The first kappa shape index (κ1) is 18.0. The van der Waals surface area contributed by atoms with Crippen molar-refractivity contribution in [2.75, 3.05) is 25.0 Å². The van der Waals surface area contributed by atoms with Crippen LogP contribution in [0.4, 0.5) is 5.69 Å². The van der Waals surface area contributed by atoms with Gasteiger partial charge in [0.1, 0.15) is 12.4 Å². The lowest BCUT2D eigenvalue weighted by atomic mass is 10.1. The second-order valence-electron chi connectivity index (χ2n) is 6.76. The summed E-state index contributed by atoms with van der Waals surface area (Å²) in [7, 11) is 2.12. The van der Waals surface area contributed by atoms with E-state index in [-0.39, 0.29) is 0 Å². The molecule has 0 saturated heterocycles. The van der Waals surface area contributed by atoms with Gasteiger partial charge in [0, 0.05) is 37.2 Å². The van der Waals surface area contributed by atoms with E-state index in [1.807, 2.05) is 30.3 Å². The van der Waals surface area contributed by atoms with E-state index >= 15 is 0 Å². The van der Waals surface area contributed by atoms with Gasteiger partial charge in [-0.05, 0) is 47.5 Å². The molecular formula is C24H23N3O. The summed E-state index contributed by atoms with van der Waals surface area (Å²) >= 11 is 0. The molecule has 4 heteroatoms. The van der Waals surface area contributed by atoms with Crippen LogP contribution in [0.3, 0.4) is 0 Å². The number of fused-ring (bicyclic) bond motifs is 1. The third-order valence-corrected chi connectivity index (χ3v) is 4.76. The average molecular weight is 369 g/mol. The van der Waals surface area contributed by atoms with Gasteiger partial charge in [0.05, 0.1) is 12.3 Å². The van der Waals surface area contributed by atoms with Crippen LogP contribution in [0.2, 0.25) is 0 Å². The van der Waals surface area contributed by atoms with Gasteiger partial charge >= 0.3 is 0 Å². The normalized spacial score (nSPS) is 13.8. The molecule has 2 aromatic carbocycles. The Labute approximate surface area is 165 Å². The van der Waals surface area contributed by atoms with Crippen molar-refractivity contribution >= 4 is 17.5 Å². The zero-order valence-electron chi connectivity index (χ0n) is 16.0. The smallest absolute Gasteiger partial charge is 0.120 e. The summed E-state index contributed by atoms with van der Waals surface area (Å²) in [6.45, 7) is 2.24. The van der Waals surface area contributed by atoms with Crippen LogP contribution in [-0.4, -0.2) is 30.8 Å². The molecule has 0 bridgehead atoms. The molecule has 0 radical (unpaired) electrons. The summed E-state index contributed by atoms with van der Waals surface area (Å²) < 4.78 is 5.92. The van der Waals surface area contributed by atoms with Crippen LogP contribution >= 0.6 is 0 Å². The molecule has 28 heavy (non-hydrogen) atoms. The Balaban J connectivity index is 1.50. The Bertz CT molecular complexity index is 995. The fraction of sp³-hybridized carbons (Fsp3) is 0.167. The lowest BCUT2D eigenvalue weighted by molar-refractivity contribution is 0.306. The minimum Gasteiger partial charge on any atom is -0.489 e. The maximum absolute atomic E-state index is 5.92. The number of rotatable bonds is 5. The van der Waals surface area contributed by atoms with E-state index in [2.05, 4.69) is 59.4 Å². The molecule has 0 saturated carbocycles. The van der Waals surface area contributed by atoms with E-state index in [9.17, 15) is 0 Å². The Morgan fingerprint density at radius 1 is 1.00 bits per heavy atom. The van der Waals surface area contributed by atoms with E-state index in [0.29, 0.717) is 6.61 Å². The largest absolute Gasteiger partial charge is 0.489 e. The standard InChI is InChI=1S/C24H23N3O/c1-27-16-15-26-23(22-7-2-3-8-24(22)27)10-9-19-5-4-6-21(17-19)28-18-20-11-13-25-14-12-20/h2-14,17H,15-16,18H2,1H3/b10-9+. The Kier molecular flexibility index (Phi) is 5.48. The van der Waals surface area contributed by atoms with Gasteiger partial charge in [-0.3, -0.25) is 9.98 Å². The molecule has 1 aromatic heterocycles. The average Bonchev–Trinajstić information content (AvgIpc) is 2.91. The monoisotopic (exact) mass is 369 g/mol. The van der Waals surface area contributed by atoms with Crippen LogP contribution in [0.25, 0.3) is 6.08 Å². The van der Waals surface area contributed by atoms with Gasteiger partial charge in [0.2, 0.25) is 0 Å². The quantitative estimate of drug-likeness (QED) is 0.659. The maximum atomic E-state index is 5.92. The lowest BCUT2D eigenvalue weighted by Gasteiger charge is -2.18. The number of anilines is 1. The van der Waals surface area contributed by atoms with Crippen molar-refractivity contribution in [2.45, 2.75) is 6.61 Å². The minimum absolute atomic E-state index is 0.530. The zero-order valence-corrected chi connectivity index (χ0v) is 16.0. The fourth-order valence-electron chi connectivity index (χ4n) is 3.22. The van der Waals surface area contributed by atoms with Crippen molar-refractivity contribution < 1.29 is 4.74 Å². The molecule has 1 aliphatic rings. The van der Waals surface area contributed by atoms with Gasteiger partial charge in [-0.25, -0.2) is 0 Å². The number of aromatic nitrogens is 1. The topological polar surface area (TPSA) is 37.7 Å². The number of hydrogen-bond donors (Lipinski definition) is 0. The van der Waals surface area contributed by atoms with E-state index in [4.69, 9.17) is 9.73 Å². The molecule has 3 aromatic rings. The number of likely N-dealkylation sites (N-methyl/N-ethyl adjacent to an activating group) is 1. The molecule has 2 heterocycles. The number of ether oxygens (including phenoxy) is 1. The molecule has 0 unspecified atom stereocenters. The van der Waals surface area contributed by atoms with Crippen LogP contribution in [0, 0.1) is 0 Å². The van der Waals surface area contributed by atoms with Crippen molar-refractivity contribution in [3.05, 3.63) is 95.8 Å². The third kappa shape index (κ3) is 4.29. The number of nitrogens with zero attached hydrogens (tertiary/aromatic N) is 3. The van der Waals surface area contributed by atoms with E-state index in [1.54, 1.807) is 12.4 Å². The Hall–Kier alpha value is -3.40. The highest BCUT2D eigenvalue weighted by Crippen LogP contribution is 2.23. The van der Waals surface area contributed by atoms with Crippen LogP contribution in [0.15, 0.2) is 84.1 Å². The molecule has 0 amide bonds. The zero-order chi connectivity index (χ0) is 19.2. The van der Waals surface area contributed by atoms with Crippen molar-refractivity contribution in [1.82, 2.24) is 4.98 Å². The molecule has 0 N–H and O–H groups in total. The van der Waals surface area contributed by atoms with Gasteiger partial charge in [0.15, 0.2) is 0 Å². The van der Waals surface area contributed by atoms with Gasteiger partial charge in [-0.1, -0.05) is 36.4 Å². The molecule has 0 spiro atoms. The Morgan fingerprint density at radius 2 is 1.86 bits per heavy atom. The van der Waals surface area contributed by atoms with Crippen LogP contribution in [0.1, 0.15) is 16.7 Å². The van der Waals surface area contributed by atoms with Crippen LogP contribution < -0.4 is 9.64 Å². The maximum Gasteiger partial charge on any atom is 0.120 e. The highest BCUT2D eigenvalue weighted by atomic mass is 16.5. The predicted octanol–water partition coefficient (Wildman–Crippen LogP) is 4.61. The SMILES string of the molecule is CN1CCN=C(/C=C/c2cccc(OCc3ccncc3)c2)c2ccccc21. The summed E-state index contributed by atoms with van der Waals surface area (Å²) in [6, 6.07) is 20.5. The molecule has 4 rings (SSSR count). The van der Waals surface area contributed by atoms with Crippen LogP contribution in [0.5, 0.6) is 5.75 Å². The highest BCUT2D eigenvalue weighted by molar-refractivity contribution is 6.14. The first-order valence-electron chi connectivity index (χ1n) is 9.44. The van der Waals surface area contributed by atoms with Gasteiger partial charge in [-0.2, -0.15) is 0 Å². The molecule has 0 fully saturated rings. The molecule has 140 valence electrons. The lowest BCUT2D eigenvalue weighted by Crippen LogP contribution is -2.20. The second kappa shape index (κ2) is 8.53. The number of benzodiazepines with no additional fused rings is 1. The molecule has 1 aliphatic heterocycles. The fourth-order valence-corrected chi connectivity index (χ4v) is 3.22. The number of aliphatic imine (C=N–C) groups is 1. The van der Waals surface area contributed by atoms with Crippen molar-refractivity contribution in [3.8, 4) is 5.75 Å². The van der Waals surface area contributed by atoms with E-state index < -0.39 is 0 Å². The first-order valence-corrected chi connectivity index (χ1v) is 9.44. The third-order valence-electron chi connectivity index (χ3n) is 4.76. The predicted molar refractivity (Wildman–Crippen MR) is 115 cm³/mol. The number of benzene rings is 2. The number of para-hydroxylation sites is 1. The van der Waals surface area contributed by atoms with E-state index in [0.717, 1.165) is 35.7 Å². The van der Waals surface area contributed by atoms with Gasteiger partial charge in [-0.15, -0.1) is 0 Å². The van der Waals surface area contributed by atoms with E-state index in [1.165, 1.54) is 11.3 Å². The van der Waals surface area contributed by atoms with Crippen LogP contribution in [-0.2, 0) is 6.61 Å². The summed E-state index contributed by atoms with van der Waals surface area (Å²) in [5, 5.41) is 0. The number of hydrogen-bond acceptors (Lipinski definition) is 4. The molecule has 0 atom stereocenters. The summed E-state index contributed by atoms with van der Waals surface area (Å²) in [6.07, 6.45) is 7.75. The van der Waals surface area contributed by atoms with Gasteiger partial charge in [0.25, 0.3) is 0 Å². The Morgan fingerprint density at radius 3 is 2.75 bits per heavy atom. The second-order valence-corrected chi connectivity index (χ2v) is 6.76. The number of pyridine rings is 1. The molecule has 4 nitrogen and oxygen atoms in total. The summed E-state index contributed by atoms with van der Waals surface area (Å²) in [5.74, 6) is 0.849. The molecule has 0 aliphatic carbocycles. The van der Waals surface area contributed by atoms with Crippen molar-refractivity contribution in [3.63, 3.8) is 0 Å². The van der Waals surface area contributed by atoms with Crippen molar-refractivity contribution in [1.29, 1.82) is 0 Å². The highest BCUT2D eigenvalue weighted by Gasteiger charge is 2.13. The molecular weight excluding hydrogens is 346 g/mol. The summed E-state index contributed by atoms with van der Waals surface area (Å²) in [5.41, 5.74) is 5.60. The minimum atomic E-state index is 0.530. The van der Waals surface area contributed by atoms with Gasteiger partial charge < -0.3 is 9.64 Å². The first-order chi connectivity index (χ1) is 13.8. The number of allylic oxidation sites excluding steroid dienone is 1. The summed E-state index contributed by atoms with van der Waals surface area (Å²) in [4.78, 5) is 11.1.